The Balaban J connectivity index is 2.19. The van der Waals surface area contributed by atoms with Gasteiger partial charge in [0, 0.05) is 17.6 Å². The van der Waals surface area contributed by atoms with Gasteiger partial charge in [0.1, 0.15) is 0 Å². The quantitative estimate of drug-likeness (QED) is 0.633. The molecule has 0 aromatic heterocycles. The zero-order valence-electron chi connectivity index (χ0n) is 19.3. The summed E-state index contributed by atoms with van der Waals surface area (Å²) in [4.78, 5) is 15.4. The molecule has 2 N–H and O–H groups in total. The number of nitrogens with zero attached hydrogens (tertiary/aromatic N) is 2. The average Bonchev–Trinajstić information content (AvgIpc) is 2.66. The van der Waals surface area contributed by atoms with E-state index < -0.39 is 23.3 Å². The summed E-state index contributed by atoms with van der Waals surface area (Å²) >= 11 is 0. The van der Waals surface area contributed by atoms with Crippen molar-refractivity contribution >= 4 is 6.09 Å². The molecule has 0 saturated heterocycles. The van der Waals surface area contributed by atoms with Crippen LogP contribution in [0, 0.1) is 0 Å². The standard InChI is InChI=1S/C25H36N2O3/c1-18(27(23(29)30)24(2,3)4)20-13-15-21(16-14-20)22(28)25(5,6)26(7)17-19-11-9-8-10-12-19/h8-16,18,22,28H,17H2,1-7H3,(H,29,30)/t18-,22?/m0/s1. The van der Waals surface area contributed by atoms with Gasteiger partial charge in [-0.25, -0.2) is 4.79 Å². The average molecular weight is 413 g/mol. The van der Waals surface area contributed by atoms with Gasteiger partial charge in [0.2, 0.25) is 0 Å². The van der Waals surface area contributed by atoms with Crippen molar-refractivity contribution in [2.45, 2.75) is 71.3 Å². The van der Waals surface area contributed by atoms with E-state index in [1.807, 2.05) is 91.1 Å². The van der Waals surface area contributed by atoms with Crippen LogP contribution in [0.15, 0.2) is 54.6 Å². The highest BCUT2D eigenvalue weighted by Crippen LogP contribution is 2.33. The number of benzene rings is 2. The van der Waals surface area contributed by atoms with Crippen LogP contribution >= 0.6 is 0 Å². The fourth-order valence-corrected chi connectivity index (χ4v) is 3.82. The van der Waals surface area contributed by atoms with Gasteiger partial charge in [-0.2, -0.15) is 0 Å². The maximum Gasteiger partial charge on any atom is 0.408 e. The van der Waals surface area contributed by atoms with Crippen molar-refractivity contribution < 1.29 is 15.0 Å². The number of hydrogen-bond acceptors (Lipinski definition) is 3. The van der Waals surface area contributed by atoms with Crippen molar-refractivity contribution in [3.8, 4) is 0 Å². The first-order valence-corrected chi connectivity index (χ1v) is 10.4. The van der Waals surface area contributed by atoms with Crippen molar-refractivity contribution in [1.29, 1.82) is 0 Å². The van der Waals surface area contributed by atoms with E-state index in [0.717, 1.165) is 17.7 Å². The Bertz CT molecular complexity index is 826. The first-order chi connectivity index (χ1) is 13.9. The highest BCUT2D eigenvalue weighted by atomic mass is 16.4. The Labute approximate surface area is 181 Å². The molecule has 0 fully saturated rings. The highest BCUT2D eigenvalue weighted by molar-refractivity contribution is 5.66. The van der Waals surface area contributed by atoms with Gasteiger partial charge in [-0.3, -0.25) is 9.80 Å². The summed E-state index contributed by atoms with van der Waals surface area (Å²) in [6, 6.07) is 17.5. The summed E-state index contributed by atoms with van der Waals surface area (Å²) in [5, 5.41) is 20.8. The van der Waals surface area contributed by atoms with Crippen LogP contribution in [-0.4, -0.2) is 44.2 Å². The second kappa shape index (κ2) is 9.19. The second-order valence-corrected chi connectivity index (χ2v) is 9.56. The van der Waals surface area contributed by atoms with Gasteiger partial charge in [0.25, 0.3) is 0 Å². The summed E-state index contributed by atoms with van der Waals surface area (Å²) in [7, 11) is 2.01. The Morgan fingerprint density at radius 2 is 1.43 bits per heavy atom. The lowest BCUT2D eigenvalue weighted by Gasteiger charge is -2.40. The Kier molecular flexibility index (Phi) is 7.32. The van der Waals surface area contributed by atoms with Gasteiger partial charge in [0.05, 0.1) is 12.1 Å². The van der Waals surface area contributed by atoms with Gasteiger partial charge in [0.15, 0.2) is 0 Å². The van der Waals surface area contributed by atoms with Crippen LogP contribution in [0.1, 0.15) is 70.4 Å². The first kappa shape index (κ1) is 23.9. The lowest BCUT2D eigenvalue weighted by Crippen LogP contribution is -2.46. The normalized spacial score (nSPS) is 14.4. The maximum atomic E-state index is 11.8. The molecule has 2 aromatic rings. The Morgan fingerprint density at radius 3 is 1.90 bits per heavy atom. The summed E-state index contributed by atoms with van der Waals surface area (Å²) < 4.78 is 0. The molecule has 0 aliphatic heterocycles. The minimum atomic E-state index is -0.942. The van der Waals surface area contributed by atoms with Crippen molar-refractivity contribution in [2.75, 3.05) is 7.05 Å². The molecule has 0 bridgehead atoms. The van der Waals surface area contributed by atoms with Gasteiger partial charge in [-0.05, 0) is 65.3 Å². The molecule has 1 amide bonds. The summed E-state index contributed by atoms with van der Waals surface area (Å²) in [6.45, 7) is 12.4. The topological polar surface area (TPSA) is 64.0 Å². The fraction of sp³-hybridized carbons (Fsp3) is 0.480. The number of carboxylic acid groups (broad SMARTS) is 1. The molecule has 5 nitrogen and oxygen atoms in total. The molecular weight excluding hydrogens is 376 g/mol. The summed E-state index contributed by atoms with van der Waals surface area (Å²) in [5.74, 6) is 0. The molecular formula is C25H36N2O3. The van der Waals surface area contributed by atoms with Gasteiger partial charge < -0.3 is 10.2 Å². The lowest BCUT2D eigenvalue weighted by atomic mass is 9.88. The summed E-state index contributed by atoms with van der Waals surface area (Å²) in [6.07, 6.45) is -1.63. The predicted octanol–water partition coefficient (Wildman–Crippen LogP) is 5.47. The molecule has 30 heavy (non-hydrogen) atoms. The minimum absolute atomic E-state index is 0.289. The zero-order valence-corrected chi connectivity index (χ0v) is 19.3. The smallest absolute Gasteiger partial charge is 0.408 e. The van der Waals surface area contributed by atoms with Crippen molar-refractivity contribution in [3.63, 3.8) is 0 Å². The third-order valence-corrected chi connectivity index (χ3v) is 5.97. The second-order valence-electron chi connectivity index (χ2n) is 9.56. The van der Waals surface area contributed by atoms with Crippen LogP contribution in [0.3, 0.4) is 0 Å². The first-order valence-electron chi connectivity index (χ1n) is 10.4. The number of carbonyl (C=O) groups is 1. The van der Waals surface area contributed by atoms with E-state index in [0.29, 0.717) is 0 Å². The van der Waals surface area contributed by atoms with Crippen LogP contribution in [0.25, 0.3) is 0 Å². The molecule has 0 radical (unpaired) electrons. The third kappa shape index (κ3) is 5.41. The number of amides is 1. The van der Waals surface area contributed by atoms with Crippen molar-refractivity contribution in [3.05, 3.63) is 71.3 Å². The van der Waals surface area contributed by atoms with Crippen LogP contribution in [0.5, 0.6) is 0 Å². The number of aliphatic hydroxyl groups is 1. The van der Waals surface area contributed by atoms with Gasteiger partial charge in [-0.1, -0.05) is 54.6 Å². The SMILES string of the molecule is C[C@@H](c1ccc(C(O)C(C)(C)N(C)Cc2ccccc2)cc1)N(C(=O)O)C(C)(C)C. The fourth-order valence-electron chi connectivity index (χ4n) is 3.82. The molecule has 0 aliphatic rings. The molecule has 2 aromatic carbocycles. The largest absolute Gasteiger partial charge is 0.465 e. The number of aliphatic hydroxyl groups excluding tert-OH is 1. The lowest BCUT2D eigenvalue weighted by molar-refractivity contribution is -0.00155. The van der Waals surface area contributed by atoms with Crippen LogP contribution in [0.4, 0.5) is 4.79 Å². The molecule has 0 spiro atoms. The molecule has 1 unspecified atom stereocenters. The van der Waals surface area contributed by atoms with E-state index in [1.54, 1.807) is 0 Å². The highest BCUT2D eigenvalue weighted by Gasteiger charge is 2.34. The van der Waals surface area contributed by atoms with E-state index in [2.05, 4.69) is 17.0 Å². The molecule has 0 saturated carbocycles. The molecule has 2 atom stereocenters. The number of hydrogen-bond donors (Lipinski definition) is 2. The molecule has 2 rings (SSSR count). The van der Waals surface area contributed by atoms with E-state index in [9.17, 15) is 15.0 Å². The van der Waals surface area contributed by atoms with Crippen LogP contribution < -0.4 is 0 Å². The van der Waals surface area contributed by atoms with Gasteiger partial charge in [-0.15, -0.1) is 0 Å². The van der Waals surface area contributed by atoms with Crippen LogP contribution in [-0.2, 0) is 6.54 Å². The molecule has 164 valence electrons. The van der Waals surface area contributed by atoms with E-state index >= 15 is 0 Å². The van der Waals surface area contributed by atoms with E-state index in [-0.39, 0.29) is 6.04 Å². The van der Waals surface area contributed by atoms with E-state index in [1.165, 1.54) is 10.5 Å². The molecule has 5 heteroatoms. The number of rotatable bonds is 7. The summed E-state index contributed by atoms with van der Waals surface area (Å²) in [5.41, 5.74) is 1.92. The molecule has 0 heterocycles. The van der Waals surface area contributed by atoms with Gasteiger partial charge >= 0.3 is 6.09 Å². The third-order valence-electron chi connectivity index (χ3n) is 5.97. The minimum Gasteiger partial charge on any atom is -0.465 e. The molecule has 0 aliphatic carbocycles. The predicted molar refractivity (Wildman–Crippen MR) is 121 cm³/mol. The van der Waals surface area contributed by atoms with Crippen molar-refractivity contribution in [2.24, 2.45) is 0 Å². The van der Waals surface area contributed by atoms with E-state index in [4.69, 9.17) is 0 Å². The maximum absolute atomic E-state index is 11.8. The monoisotopic (exact) mass is 412 g/mol. The van der Waals surface area contributed by atoms with Crippen LogP contribution in [0.2, 0.25) is 0 Å². The van der Waals surface area contributed by atoms with Crippen molar-refractivity contribution in [1.82, 2.24) is 9.80 Å². The Hall–Kier alpha value is -2.37. The zero-order chi connectivity index (χ0) is 22.7. The number of likely N-dealkylation sites (N-methyl/N-ethyl adjacent to an activating group) is 1. The Morgan fingerprint density at radius 1 is 0.933 bits per heavy atom.